The summed E-state index contributed by atoms with van der Waals surface area (Å²) in [5.41, 5.74) is 2.31. The van der Waals surface area contributed by atoms with Crippen molar-refractivity contribution in [3.63, 3.8) is 0 Å². The van der Waals surface area contributed by atoms with Gasteiger partial charge in [-0.05, 0) is 12.1 Å². The van der Waals surface area contributed by atoms with Gasteiger partial charge in [-0.25, -0.2) is 4.68 Å². The molecule has 0 aliphatic rings. The number of aromatic nitrogens is 4. The summed E-state index contributed by atoms with van der Waals surface area (Å²) in [6.07, 6.45) is 5.13. The normalized spacial score (nSPS) is 10.3. The van der Waals surface area contributed by atoms with E-state index in [1.165, 1.54) is 0 Å². The number of hydrogen-bond acceptors (Lipinski definition) is 4. The predicted molar refractivity (Wildman–Crippen MR) is 59.4 cm³/mol. The predicted octanol–water partition coefficient (Wildman–Crippen LogP) is 1.02. The highest BCUT2D eigenvalue weighted by Gasteiger charge is 2.12. The first-order valence-corrected chi connectivity index (χ1v) is 4.91. The highest BCUT2D eigenvalue weighted by molar-refractivity contribution is 5.61. The maximum Gasteiger partial charge on any atom is 0.116 e. The second-order valence-electron chi connectivity index (χ2n) is 3.25. The Kier molecular flexibility index (Phi) is 3.07. The van der Waals surface area contributed by atoms with Crippen molar-refractivity contribution in [2.75, 3.05) is 0 Å². The molecule has 0 radical (unpaired) electrons. The summed E-state index contributed by atoms with van der Waals surface area (Å²) in [5.74, 6) is 0. The number of aliphatic hydroxyl groups excluding tert-OH is 1. The lowest BCUT2D eigenvalue weighted by atomic mass is 10.1. The third-order valence-corrected chi connectivity index (χ3v) is 2.21. The molecule has 0 aliphatic heterocycles. The molecule has 0 saturated carbocycles. The van der Waals surface area contributed by atoms with Crippen molar-refractivity contribution >= 4 is 0 Å². The van der Waals surface area contributed by atoms with Crippen molar-refractivity contribution in [3.8, 4) is 11.3 Å². The van der Waals surface area contributed by atoms with Gasteiger partial charge in [0.25, 0.3) is 0 Å². The van der Waals surface area contributed by atoms with E-state index >= 15 is 0 Å². The molecule has 2 rings (SSSR count). The van der Waals surface area contributed by atoms with E-state index < -0.39 is 0 Å². The molecule has 0 aromatic carbocycles. The molecule has 5 nitrogen and oxygen atoms in total. The van der Waals surface area contributed by atoms with Crippen LogP contribution in [0.2, 0.25) is 0 Å². The van der Waals surface area contributed by atoms with Crippen molar-refractivity contribution in [1.82, 2.24) is 20.0 Å². The molecule has 2 heterocycles. The molecule has 82 valence electrons. The highest BCUT2D eigenvalue weighted by atomic mass is 16.3. The van der Waals surface area contributed by atoms with E-state index in [2.05, 4.69) is 21.9 Å². The summed E-state index contributed by atoms with van der Waals surface area (Å²) in [4.78, 5) is 3.95. The Morgan fingerprint density at radius 2 is 2.12 bits per heavy atom. The van der Waals surface area contributed by atoms with Crippen molar-refractivity contribution in [3.05, 3.63) is 42.9 Å². The Morgan fingerprint density at radius 1 is 1.38 bits per heavy atom. The molecule has 2 aromatic heterocycles. The Morgan fingerprint density at radius 3 is 2.75 bits per heavy atom. The second kappa shape index (κ2) is 4.67. The Hall–Kier alpha value is -2.01. The fourth-order valence-electron chi connectivity index (χ4n) is 1.53. The van der Waals surface area contributed by atoms with Crippen molar-refractivity contribution in [1.29, 1.82) is 0 Å². The average Bonchev–Trinajstić information content (AvgIpc) is 2.74. The minimum atomic E-state index is -0.130. The fraction of sp³-hybridized carbons (Fsp3) is 0.182. The molecule has 16 heavy (non-hydrogen) atoms. The van der Waals surface area contributed by atoms with Gasteiger partial charge in [-0.15, -0.1) is 11.7 Å². The number of aliphatic hydroxyl groups is 1. The van der Waals surface area contributed by atoms with Crippen molar-refractivity contribution in [2.24, 2.45) is 0 Å². The van der Waals surface area contributed by atoms with Crippen LogP contribution in [0.5, 0.6) is 0 Å². The number of hydrogen-bond donors (Lipinski definition) is 1. The standard InChI is InChI=1S/C11H12N4O/c1-2-7-15-11(10(8-16)13-14-15)9-3-5-12-6-4-9/h2-6,16H,1,7-8H2. The minimum Gasteiger partial charge on any atom is -0.390 e. The van der Waals surface area contributed by atoms with E-state index in [0.717, 1.165) is 11.3 Å². The summed E-state index contributed by atoms with van der Waals surface area (Å²) in [5, 5.41) is 17.1. The lowest BCUT2D eigenvalue weighted by molar-refractivity contribution is 0.277. The van der Waals surface area contributed by atoms with Gasteiger partial charge in [-0.3, -0.25) is 4.98 Å². The van der Waals surface area contributed by atoms with Crippen LogP contribution >= 0.6 is 0 Å². The van der Waals surface area contributed by atoms with Crippen molar-refractivity contribution in [2.45, 2.75) is 13.2 Å². The summed E-state index contributed by atoms with van der Waals surface area (Å²) >= 11 is 0. The lowest BCUT2D eigenvalue weighted by Gasteiger charge is -2.04. The topological polar surface area (TPSA) is 63.8 Å². The average molecular weight is 216 g/mol. The van der Waals surface area contributed by atoms with E-state index in [-0.39, 0.29) is 6.61 Å². The summed E-state index contributed by atoms with van der Waals surface area (Å²) < 4.78 is 1.70. The fourth-order valence-corrected chi connectivity index (χ4v) is 1.53. The van der Waals surface area contributed by atoms with Gasteiger partial charge < -0.3 is 5.11 Å². The number of pyridine rings is 1. The maximum atomic E-state index is 9.20. The van der Waals surface area contributed by atoms with Gasteiger partial charge in [0.15, 0.2) is 0 Å². The SMILES string of the molecule is C=CCn1nnc(CO)c1-c1ccncc1. The first kappa shape index (κ1) is 10.5. The van der Waals surface area contributed by atoms with Gasteiger partial charge in [-0.1, -0.05) is 11.3 Å². The molecule has 0 fully saturated rings. The molecule has 5 heteroatoms. The Balaban J connectivity index is 2.52. The Bertz CT molecular complexity index is 478. The first-order valence-electron chi connectivity index (χ1n) is 4.91. The van der Waals surface area contributed by atoms with Crippen LogP contribution in [0.4, 0.5) is 0 Å². The highest BCUT2D eigenvalue weighted by Crippen LogP contribution is 2.21. The van der Waals surface area contributed by atoms with Crippen LogP contribution in [-0.4, -0.2) is 25.1 Å². The van der Waals surface area contributed by atoms with E-state index in [0.29, 0.717) is 12.2 Å². The first-order chi connectivity index (χ1) is 7.86. The van der Waals surface area contributed by atoms with Crippen LogP contribution in [0.1, 0.15) is 5.69 Å². The van der Waals surface area contributed by atoms with Crippen LogP contribution < -0.4 is 0 Å². The summed E-state index contributed by atoms with van der Waals surface area (Å²) in [6, 6.07) is 3.72. The third-order valence-electron chi connectivity index (χ3n) is 2.21. The molecular formula is C11H12N4O. The largest absolute Gasteiger partial charge is 0.390 e. The monoisotopic (exact) mass is 216 g/mol. The second-order valence-corrected chi connectivity index (χ2v) is 3.25. The van der Waals surface area contributed by atoms with E-state index in [4.69, 9.17) is 0 Å². The lowest BCUT2D eigenvalue weighted by Crippen LogP contribution is -2.01. The van der Waals surface area contributed by atoms with Crippen LogP contribution in [0, 0.1) is 0 Å². The van der Waals surface area contributed by atoms with Gasteiger partial charge in [0, 0.05) is 18.0 Å². The van der Waals surface area contributed by atoms with Gasteiger partial charge in [0.05, 0.1) is 18.8 Å². The zero-order valence-electron chi connectivity index (χ0n) is 8.74. The molecule has 0 spiro atoms. The maximum absolute atomic E-state index is 9.20. The van der Waals surface area contributed by atoms with Gasteiger partial charge in [0.2, 0.25) is 0 Å². The number of nitrogens with zero attached hydrogens (tertiary/aromatic N) is 4. The van der Waals surface area contributed by atoms with Gasteiger partial charge >= 0.3 is 0 Å². The number of allylic oxidation sites excluding steroid dienone is 1. The molecule has 0 amide bonds. The van der Waals surface area contributed by atoms with Crippen LogP contribution in [-0.2, 0) is 13.2 Å². The molecule has 0 bridgehead atoms. The van der Waals surface area contributed by atoms with Crippen LogP contribution in [0.15, 0.2) is 37.2 Å². The zero-order chi connectivity index (χ0) is 11.4. The summed E-state index contributed by atoms with van der Waals surface area (Å²) in [6.45, 7) is 4.09. The Labute approximate surface area is 93.1 Å². The van der Waals surface area contributed by atoms with Gasteiger partial charge in [-0.2, -0.15) is 0 Å². The molecular weight excluding hydrogens is 204 g/mol. The van der Waals surface area contributed by atoms with Crippen molar-refractivity contribution < 1.29 is 5.11 Å². The van der Waals surface area contributed by atoms with E-state index in [1.807, 2.05) is 12.1 Å². The molecule has 0 saturated heterocycles. The molecule has 0 atom stereocenters. The van der Waals surface area contributed by atoms with Gasteiger partial charge in [0.1, 0.15) is 5.69 Å². The quantitative estimate of drug-likeness (QED) is 0.775. The van der Waals surface area contributed by atoms with E-state index in [9.17, 15) is 5.11 Å². The summed E-state index contributed by atoms with van der Waals surface area (Å²) in [7, 11) is 0. The zero-order valence-corrected chi connectivity index (χ0v) is 8.74. The van der Waals surface area contributed by atoms with Crippen LogP contribution in [0.25, 0.3) is 11.3 Å². The molecule has 0 unspecified atom stereocenters. The third kappa shape index (κ3) is 1.85. The molecule has 0 aliphatic carbocycles. The smallest absolute Gasteiger partial charge is 0.116 e. The van der Waals surface area contributed by atoms with E-state index in [1.54, 1.807) is 23.2 Å². The molecule has 2 aromatic rings. The number of rotatable bonds is 4. The minimum absolute atomic E-state index is 0.130. The molecule has 1 N–H and O–H groups in total. The van der Waals surface area contributed by atoms with Crippen LogP contribution in [0.3, 0.4) is 0 Å².